The molecule has 3 aromatic rings. The second-order valence-electron chi connectivity index (χ2n) is 4.80. The lowest BCUT2D eigenvalue weighted by molar-refractivity contribution is 0.800. The van der Waals surface area contributed by atoms with Gasteiger partial charge >= 0.3 is 0 Å². The van der Waals surface area contributed by atoms with E-state index in [4.69, 9.17) is 5.73 Å². The first-order valence-electron chi connectivity index (χ1n) is 6.65. The molecule has 0 unspecified atom stereocenters. The lowest BCUT2D eigenvalue weighted by atomic mass is 10.1. The van der Waals surface area contributed by atoms with Crippen molar-refractivity contribution in [3.63, 3.8) is 0 Å². The van der Waals surface area contributed by atoms with Gasteiger partial charge in [0.15, 0.2) is 0 Å². The molecule has 2 heterocycles. The summed E-state index contributed by atoms with van der Waals surface area (Å²) >= 11 is 3.55. The maximum Gasteiger partial charge on any atom is 0.0648 e. The van der Waals surface area contributed by atoms with E-state index >= 15 is 0 Å². The zero-order valence-electron chi connectivity index (χ0n) is 11.1. The van der Waals surface area contributed by atoms with E-state index in [0.717, 1.165) is 23.1 Å². The maximum absolute atomic E-state index is 5.71. The van der Waals surface area contributed by atoms with Gasteiger partial charge in [0.25, 0.3) is 0 Å². The Bertz CT molecular complexity index is 719. The first-order valence-corrected chi connectivity index (χ1v) is 7.44. The number of nitrogens with two attached hydrogens (primary N) is 1. The van der Waals surface area contributed by atoms with Crippen LogP contribution in [0.5, 0.6) is 0 Å². The number of fused-ring (bicyclic) bond motifs is 1. The number of benzene rings is 1. The van der Waals surface area contributed by atoms with Crippen molar-refractivity contribution < 1.29 is 0 Å². The molecule has 1 aromatic carbocycles. The van der Waals surface area contributed by atoms with E-state index in [1.54, 1.807) is 0 Å². The zero-order chi connectivity index (χ0) is 13.9. The molecule has 3 rings (SSSR count). The van der Waals surface area contributed by atoms with Gasteiger partial charge in [-0.1, -0.05) is 28.1 Å². The van der Waals surface area contributed by atoms with Crippen LogP contribution in [-0.4, -0.2) is 16.1 Å². The molecule has 0 aliphatic heterocycles. The Labute approximate surface area is 126 Å². The smallest absolute Gasteiger partial charge is 0.0648 e. The normalized spacial score (nSPS) is 11.1. The van der Waals surface area contributed by atoms with Gasteiger partial charge in [-0.15, -0.1) is 0 Å². The summed E-state index contributed by atoms with van der Waals surface area (Å²) in [6.45, 7) is 1.44. The standard InChI is InChI=1S/C16H16BrN3/c17-13-4-5-15-12(6-7-18)10-20(16(15)9-13)11-14-3-1-2-8-19-14/h1-5,8-10H,6-7,11,18H2. The van der Waals surface area contributed by atoms with E-state index in [1.165, 1.54) is 16.5 Å². The summed E-state index contributed by atoms with van der Waals surface area (Å²) in [5, 5.41) is 1.27. The summed E-state index contributed by atoms with van der Waals surface area (Å²) in [5.41, 5.74) is 9.28. The van der Waals surface area contributed by atoms with Gasteiger partial charge in [-0.2, -0.15) is 0 Å². The monoisotopic (exact) mass is 329 g/mol. The quantitative estimate of drug-likeness (QED) is 0.797. The molecule has 0 atom stereocenters. The molecule has 0 bridgehead atoms. The molecular weight excluding hydrogens is 314 g/mol. The Hall–Kier alpha value is -1.65. The van der Waals surface area contributed by atoms with Crippen LogP contribution in [0.4, 0.5) is 0 Å². The van der Waals surface area contributed by atoms with Gasteiger partial charge in [-0.05, 0) is 42.8 Å². The first-order chi connectivity index (χ1) is 9.78. The SMILES string of the molecule is NCCc1cn(Cc2ccccn2)c2cc(Br)ccc12. The Kier molecular flexibility index (Phi) is 3.85. The molecule has 2 aromatic heterocycles. The number of nitrogens with zero attached hydrogens (tertiary/aromatic N) is 2. The Morgan fingerprint density at radius 3 is 2.85 bits per heavy atom. The van der Waals surface area contributed by atoms with Gasteiger partial charge < -0.3 is 10.3 Å². The van der Waals surface area contributed by atoms with Crippen LogP contribution in [0.15, 0.2) is 53.3 Å². The van der Waals surface area contributed by atoms with Crippen molar-refractivity contribution in [1.82, 2.24) is 9.55 Å². The third-order valence-corrected chi connectivity index (χ3v) is 3.89. The van der Waals surface area contributed by atoms with Crippen LogP contribution in [0.3, 0.4) is 0 Å². The van der Waals surface area contributed by atoms with Crippen molar-refractivity contribution in [2.24, 2.45) is 5.73 Å². The summed E-state index contributed by atoms with van der Waals surface area (Å²) in [5.74, 6) is 0. The summed E-state index contributed by atoms with van der Waals surface area (Å²) < 4.78 is 3.33. The van der Waals surface area contributed by atoms with Crippen molar-refractivity contribution in [2.45, 2.75) is 13.0 Å². The zero-order valence-corrected chi connectivity index (χ0v) is 12.7. The highest BCUT2D eigenvalue weighted by Gasteiger charge is 2.09. The Morgan fingerprint density at radius 1 is 1.20 bits per heavy atom. The largest absolute Gasteiger partial charge is 0.341 e. The molecule has 2 N–H and O–H groups in total. The molecule has 0 aliphatic carbocycles. The molecule has 4 heteroatoms. The van der Waals surface area contributed by atoms with E-state index in [9.17, 15) is 0 Å². The van der Waals surface area contributed by atoms with Crippen LogP contribution in [0.25, 0.3) is 10.9 Å². The fraction of sp³-hybridized carbons (Fsp3) is 0.188. The van der Waals surface area contributed by atoms with Crippen molar-refractivity contribution in [3.05, 3.63) is 64.5 Å². The van der Waals surface area contributed by atoms with Gasteiger partial charge in [0, 0.05) is 27.8 Å². The van der Waals surface area contributed by atoms with Gasteiger partial charge in [0.1, 0.15) is 0 Å². The molecule has 0 aliphatic rings. The Morgan fingerprint density at radius 2 is 2.10 bits per heavy atom. The second-order valence-corrected chi connectivity index (χ2v) is 5.72. The second kappa shape index (κ2) is 5.77. The third-order valence-electron chi connectivity index (χ3n) is 3.40. The number of hydrogen-bond acceptors (Lipinski definition) is 2. The van der Waals surface area contributed by atoms with Crippen LogP contribution in [0.1, 0.15) is 11.3 Å². The minimum atomic E-state index is 0.665. The van der Waals surface area contributed by atoms with E-state index in [-0.39, 0.29) is 0 Å². The molecule has 0 fully saturated rings. The van der Waals surface area contributed by atoms with E-state index in [1.807, 2.05) is 24.4 Å². The Balaban J connectivity index is 2.07. The lowest BCUT2D eigenvalue weighted by Gasteiger charge is -2.04. The summed E-state index contributed by atoms with van der Waals surface area (Å²) in [6.07, 6.45) is 4.92. The average molecular weight is 330 g/mol. The molecule has 0 radical (unpaired) electrons. The van der Waals surface area contributed by atoms with E-state index in [2.05, 4.69) is 49.9 Å². The average Bonchev–Trinajstić information content (AvgIpc) is 2.78. The van der Waals surface area contributed by atoms with Crippen LogP contribution < -0.4 is 5.73 Å². The van der Waals surface area contributed by atoms with Crippen molar-refractivity contribution >= 4 is 26.8 Å². The molecule has 20 heavy (non-hydrogen) atoms. The van der Waals surface area contributed by atoms with Gasteiger partial charge in [0.2, 0.25) is 0 Å². The number of hydrogen-bond donors (Lipinski definition) is 1. The first kappa shape index (κ1) is 13.3. The topological polar surface area (TPSA) is 43.8 Å². The number of halogens is 1. The fourth-order valence-corrected chi connectivity index (χ4v) is 2.84. The third kappa shape index (κ3) is 2.62. The molecule has 3 nitrogen and oxygen atoms in total. The molecule has 0 saturated heterocycles. The van der Waals surface area contributed by atoms with E-state index in [0.29, 0.717) is 6.54 Å². The fourth-order valence-electron chi connectivity index (χ4n) is 2.49. The number of pyridine rings is 1. The highest BCUT2D eigenvalue weighted by molar-refractivity contribution is 9.10. The van der Waals surface area contributed by atoms with E-state index < -0.39 is 0 Å². The molecular formula is C16H16BrN3. The number of aromatic nitrogens is 2. The minimum Gasteiger partial charge on any atom is -0.341 e. The summed E-state index contributed by atoms with van der Waals surface area (Å²) in [6, 6.07) is 12.4. The van der Waals surface area contributed by atoms with Crippen LogP contribution in [0.2, 0.25) is 0 Å². The van der Waals surface area contributed by atoms with Crippen molar-refractivity contribution in [1.29, 1.82) is 0 Å². The van der Waals surface area contributed by atoms with Crippen molar-refractivity contribution in [3.8, 4) is 0 Å². The number of rotatable bonds is 4. The predicted molar refractivity (Wildman–Crippen MR) is 85.7 cm³/mol. The van der Waals surface area contributed by atoms with Crippen LogP contribution in [0, 0.1) is 0 Å². The van der Waals surface area contributed by atoms with Gasteiger partial charge in [0.05, 0.1) is 12.2 Å². The highest BCUT2D eigenvalue weighted by Crippen LogP contribution is 2.26. The van der Waals surface area contributed by atoms with Gasteiger partial charge in [-0.3, -0.25) is 4.98 Å². The molecule has 0 saturated carbocycles. The highest BCUT2D eigenvalue weighted by atomic mass is 79.9. The maximum atomic E-state index is 5.71. The minimum absolute atomic E-state index is 0.665. The van der Waals surface area contributed by atoms with Crippen LogP contribution in [-0.2, 0) is 13.0 Å². The summed E-state index contributed by atoms with van der Waals surface area (Å²) in [4.78, 5) is 4.40. The lowest BCUT2D eigenvalue weighted by Crippen LogP contribution is -2.02. The molecule has 102 valence electrons. The van der Waals surface area contributed by atoms with Crippen LogP contribution >= 0.6 is 15.9 Å². The van der Waals surface area contributed by atoms with Crippen molar-refractivity contribution in [2.75, 3.05) is 6.54 Å². The molecule has 0 spiro atoms. The van der Waals surface area contributed by atoms with Gasteiger partial charge in [-0.25, -0.2) is 0 Å². The molecule has 0 amide bonds. The predicted octanol–water partition coefficient (Wildman–Crippen LogP) is 3.35. The summed E-state index contributed by atoms with van der Waals surface area (Å²) in [7, 11) is 0.